The first kappa shape index (κ1) is 21.5. The number of rotatable bonds is 7. The van der Waals surface area contributed by atoms with Gasteiger partial charge < -0.3 is 25.1 Å². The highest BCUT2D eigenvalue weighted by Gasteiger charge is 1.99. The molecule has 0 spiro atoms. The molecule has 0 radical (unpaired) electrons. The first-order valence-electron chi connectivity index (χ1n) is 5.35. The summed E-state index contributed by atoms with van der Waals surface area (Å²) in [6.45, 7) is 0. The van der Waals surface area contributed by atoms with Crippen molar-refractivity contribution in [2.75, 3.05) is 14.1 Å². The summed E-state index contributed by atoms with van der Waals surface area (Å²) in [7, 11) is 3.75. The third-order valence-electron chi connectivity index (χ3n) is 1.18. The van der Waals surface area contributed by atoms with Gasteiger partial charge in [0.05, 0.1) is 0 Å². The number of carboxylic acid groups (broad SMARTS) is 2. The van der Waals surface area contributed by atoms with Gasteiger partial charge in [-0.05, 0) is 20.5 Å². The number of carbonyl (C=O) groups is 4. The van der Waals surface area contributed by atoms with Gasteiger partial charge >= 0.3 is 11.9 Å². The highest BCUT2D eigenvalue weighted by atomic mass is 16.4. The molecular formula is C11H21NO6. The van der Waals surface area contributed by atoms with Crippen molar-refractivity contribution in [3.8, 4) is 0 Å². The lowest BCUT2D eigenvalue weighted by molar-refractivity contribution is -0.138. The summed E-state index contributed by atoms with van der Waals surface area (Å²) in [4.78, 5) is 38.4. The summed E-state index contributed by atoms with van der Waals surface area (Å²) >= 11 is 0. The number of hydrogen-bond donors (Lipinski definition) is 3. The molecule has 0 rings (SSSR count). The van der Waals surface area contributed by atoms with Crippen LogP contribution in [0.1, 0.15) is 32.1 Å². The molecule has 7 nitrogen and oxygen atoms in total. The predicted octanol–water partition coefficient (Wildman–Crippen LogP) is 0.326. The fraction of sp³-hybridized carbons (Fsp3) is 0.636. The number of carboxylic acids is 2. The molecule has 0 saturated carbocycles. The van der Waals surface area contributed by atoms with E-state index in [9.17, 15) is 19.2 Å². The number of hydrogen-bond acceptors (Lipinski definition) is 5. The largest absolute Gasteiger partial charge is 0.481 e. The molecule has 18 heavy (non-hydrogen) atoms. The van der Waals surface area contributed by atoms with E-state index >= 15 is 0 Å². The molecular weight excluding hydrogens is 242 g/mol. The fourth-order valence-corrected chi connectivity index (χ4v) is 0.527. The number of unbranched alkanes of at least 4 members (excludes halogenated alkanes) is 1. The predicted molar refractivity (Wildman–Crippen MR) is 65.5 cm³/mol. The molecule has 0 saturated heterocycles. The van der Waals surface area contributed by atoms with Gasteiger partial charge in [0, 0.05) is 25.7 Å². The van der Waals surface area contributed by atoms with Crippen molar-refractivity contribution in [2.45, 2.75) is 32.1 Å². The van der Waals surface area contributed by atoms with Crippen LogP contribution in [0.3, 0.4) is 0 Å². The third-order valence-corrected chi connectivity index (χ3v) is 1.18. The minimum atomic E-state index is -0.948. The summed E-state index contributed by atoms with van der Waals surface area (Å²) in [5, 5.41) is 18.8. The molecule has 0 heterocycles. The Morgan fingerprint density at radius 3 is 1.39 bits per heavy atom. The second-order valence-electron chi connectivity index (χ2n) is 3.05. The molecule has 7 heteroatoms. The van der Waals surface area contributed by atoms with Crippen molar-refractivity contribution in [3.05, 3.63) is 0 Å². The Morgan fingerprint density at radius 2 is 1.22 bits per heavy atom. The summed E-state index contributed by atoms with van der Waals surface area (Å²) < 4.78 is 0. The van der Waals surface area contributed by atoms with Crippen LogP contribution < -0.4 is 5.32 Å². The first-order chi connectivity index (χ1) is 8.45. The second kappa shape index (κ2) is 20.6. The average Bonchev–Trinajstić information content (AvgIpc) is 2.27. The number of nitrogens with one attached hydrogen (secondary N) is 1. The molecule has 0 amide bonds. The van der Waals surface area contributed by atoms with Gasteiger partial charge in [0.15, 0.2) is 0 Å². The van der Waals surface area contributed by atoms with E-state index in [-0.39, 0.29) is 19.3 Å². The van der Waals surface area contributed by atoms with E-state index in [0.29, 0.717) is 12.8 Å². The maximum atomic E-state index is 9.79. The van der Waals surface area contributed by atoms with Crippen LogP contribution in [0.25, 0.3) is 0 Å². The zero-order chi connectivity index (χ0) is 14.8. The molecule has 0 aliphatic carbocycles. The summed E-state index contributed by atoms with van der Waals surface area (Å²) in [6.07, 6.45) is 2.28. The molecule has 0 aromatic rings. The van der Waals surface area contributed by atoms with Crippen molar-refractivity contribution in [2.24, 2.45) is 0 Å². The molecule has 0 bridgehead atoms. The van der Waals surface area contributed by atoms with E-state index in [1.807, 2.05) is 14.1 Å². The molecule has 0 aromatic heterocycles. The van der Waals surface area contributed by atoms with E-state index in [2.05, 4.69) is 5.32 Å². The maximum absolute atomic E-state index is 9.79. The zero-order valence-corrected chi connectivity index (χ0v) is 10.7. The summed E-state index contributed by atoms with van der Waals surface area (Å²) in [5.41, 5.74) is 0. The standard InChI is InChI=1S/C5H8O4.C4H6O2.C2H7N/c6-4(7)2-1-3-5(8)9;5-3-1-2-4-6;1-3-2/h1-3H2,(H,6,7)(H,8,9);3-4H,1-2H2;3H,1-2H3. The normalized spacial score (nSPS) is 7.89. The number of carbonyl (C=O) groups excluding carboxylic acids is 2. The lowest BCUT2D eigenvalue weighted by Crippen LogP contribution is -1.98. The highest BCUT2D eigenvalue weighted by molar-refractivity contribution is 5.69. The molecule has 0 aromatic carbocycles. The van der Waals surface area contributed by atoms with Crippen molar-refractivity contribution in [1.29, 1.82) is 0 Å². The number of aliphatic carboxylic acids is 2. The van der Waals surface area contributed by atoms with Crippen molar-refractivity contribution >= 4 is 24.5 Å². The Kier molecular flexibility index (Phi) is 24.7. The van der Waals surface area contributed by atoms with Crippen LogP contribution in [0.4, 0.5) is 0 Å². The second-order valence-corrected chi connectivity index (χ2v) is 3.05. The van der Waals surface area contributed by atoms with Gasteiger partial charge in [0.25, 0.3) is 0 Å². The lowest BCUT2D eigenvalue weighted by atomic mass is 10.2. The maximum Gasteiger partial charge on any atom is 0.303 e. The Hall–Kier alpha value is -1.76. The van der Waals surface area contributed by atoms with Gasteiger partial charge in [-0.25, -0.2) is 0 Å². The van der Waals surface area contributed by atoms with Crippen LogP contribution in [-0.4, -0.2) is 48.8 Å². The van der Waals surface area contributed by atoms with E-state index in [1.54, 1.807) is 0 Å². The van der Waals surface area contributed by atoms with E-state index in [4.69, 9.17) is 10.2 Å². The molecule has 0 aliphatic heterocycles. The van der Waals surface area contributed by atoms with Gasteiger partial charge in [-0.1, -0.05) is 0 Å². The fourth-order valence-electron chi connectivity index (χ4n) is 0.527. The Bertz CT molecular complexity index is 208. The minimum absolute atomic E-state index is 0.0632. The number of aldehydes is 2. The van der Waals surface area contributed by atoms with E-state index < -0.39 is 11.9 Å². The van der Waals surface area contributed by atoms with Crippen LogP contribution in [0, 0.1) is 0 Å². The molecule has 3 N–H and O–H groups in total. The molecule has 106 valence electrons. The summed E-state index contributed by atoms with van der Waals surface area (Å²) in [6, 6.07) is 0. The topological polar surface area (TPSA) is 121 Å². The van der Waals surface area contributed by atoms with Gasteiger partial charge in [-0.2, -0.15) is 0 Å². The van der Waals surface area contributed by atoms with Crippen molar-refractivity contribution in [1.82, 2.24) is 5.32 Å². The van der Waals surface area contributed by atoms with Crippen molar-refractivity contribution in [3.63, 3.8) is 0 Å². The molecule has 0 fully saturated rings. The SMILES string of the molecule is CNC.O=C(O)CCCC(=O)O.O=CCCC=O. The minimum Gasteiger partial charge on any atom is -0.481 e. The highest BCUT2D eigenvalue weighted by Crippen LogP contribution is 1.93. The quantitative estimate of drug-likeness (QED) is 0.447. The molecule has 0 aliphatic rings. The Balaban J connectivity index is -0.000000216. The molecule has 0 unspecified atom stereocenters. The van der Waals surface area contributed by atoms with Gasteiger partial charge in [-0.15, -0.1) is 0 Å². The van der Waals surface area contributed by atoms with Crippen molar-refractivity contribution < 1.29 is 29.4 Å². The van der Waals surface area contributed by atoms with Crippen LogP contribution in [0.5, 0.6) is 0 Å². The average molecular weight is 263 g/mol. The van der Waals surface area contributed by atoms with E-state index in [0.717, 1.165) is 12.6 Å². The summed E-state index contributed by atoms with van der Waals surface area (Å²) in [5.74, 6) is -1.90. The van der Waals surface area contributed by atoms with Gasteiger partial charge in [0.2, 0.25) is 0 Å². The van der Waals surface area contributed by atoms with Gasteiger partial charge in [0.1, 0.15) is 12.6 Å². The third kappa shape index (κ3) is 47.6. The van der Waals surface area contributed by atoms with Crippen LogP contribution in [0.2, 0.25) is 0 Å². The monoisotopic (exact) mass is 263 g/mol. The van der Waals surface area contributed by atoms with E-state index in [1.165, 1.54) is 0 Å². The zero-order valence-electron chi connectivity index (χ0n) is 10.7. The Morgan fingerprint density at radius 1 is 0.944 bits per heavy atom. The van der Waals surface area contributed by atoms with Crippen LogP contribution >= 0.6 is 0 Å². The smallest absolute Gasteiger partial charge is 0.303 e. The lowest BCUT2D eigenvalue weighted by Gasteiger charge is -1.89. The van der Waals surface area contributed by atoms with Crippen LogP contribution in [-0.2, 0) is 19.2 Å². The first-order valence-corrected chi connectivity index (χ1v) is 5.35. The Labute approximate surface area is 106 Å². The molecule has 0 atom stereocenters. The van der Waals surface area contributed by atoms with Crippen LogP contribution in [0.15, 0.2) is 0 Å². The van der Waals surface area contributed by atoms with Gasteiger partial charge in [-0.3, -0.25) is 9.59 Å².